The van der Waals surface area contributed by atoms with Crippen molar-refractivity contribution < 1.29 is 5.11 Å². The Hall–Kier alpha value is -1.25. The standard InChI is InChI=1S/C5H6N2O/c1-2-7-4-5(8)3-6-7/h2-4,8H,1H2. The highest BCUT2D eigenvalue weighted by Crippen LogP contribution is 2.02. The minimum atomic E-state index is 0.157. The van der Waals surface area contributed by atoms with Crippen LogP contribution in [0.5, 0.6) is 5.75 Å². The van der Waals surface area contributed by atoms with E-state index in [2.05, 4.69) is 11.7 Å². The van der Waals surface area contributed by atoms with Gasteiger partial charge in [-0.1, -0.05) is 6.58 Å². The molecule has 1 N–H and O–H groups in total. The smallest absolute Gasteiger partial charge is 0.153 e. The van der Waals surface area contributed by atoms with Crippen LogP contribution in [-0.2, 0) is 0 Å². The zero-order valence-electron chi connectivity index (χ0n) is 4.28. The lowest BCUT2D eigenvalue weighted by Gasteiger charge is -1.81. The van der Waals surface area contributed by atoms with Gasteiger partial charge in [-0.3, -0.25) is 0 Å². The maximum absolute atomic E-state index is 8.65. The van der Waals surface area contributed by atoms with Gasteiger partial charge in [-0.05, 0) is 0 Å². The maximum atomic E-state index is 8.65. The molecule has 0 bridgehead atoms. The molecule has 0 aromatic carbocycles. The summed E-state index contributed by atoms with van der Waals surface area (Å²) in [7, 11) is 0. The number of aromatic nitrogens is 2. The highest BCUT2D eigenvalue weighted by atomic mass is 16.3. The molecule has 0 spiro atoms. The van der Waals surface area contributed by atoms with Gasteiger partial charge >= 0.3 is 0 Å². The summed E-state index contributed by atoms with van der Waals surface area (Å²) in [5, 5.41) is 12.3. The molecule has 0 fully saturated rings. The van der Waals surface area contributed by atoms with Gasteiger partial charge in [0, 0.05) is 6.20 Å². The fourth-order valence-electron chi connectivity index (χ4n) is 0.428. The fourth-order valence-corrected chi connectivity index (χ4v) is 0.428. The minimum Gasteiger partial charge on any atom is -0.505 e. The van der Waals surface area contributed by atoms with Gasteiger partial charge in [0.05, 0.1) is 12.4 Å². The Kier molecular flexibility index (Phi) is 1.04. The SMILES string of the molecule is C=Cn1cc(O)cn1. The summed E-state index contributed by atoms with van der Waals surface area (Å²) in [6.45, 7) is 3.43. The molecule has 0 atom stereocenters. The lowest BCUT2D eigenvalue weighted by molar-refractivity contribution is 0.475. The van der Waals surface area contributed by atoms with Crippen molar-refractivity contribution in [2.45, 2.75) is 0 Å². The fraction of sp³-hybridized carbons (Fsp3) is 0. The Balaban J connectivity index is 3.00. The molecule has 3 heteroatoms. The molecule has 0 saturated carbocycles. The van der Waals surface area contributed by atoms with E-state index < -0.39 is 0 Å². The van der Waals surface area contributed by atoms with E-state index in [1.807, 2.05) is 0 Å². The highest BCUT2D eigenvalue weighted by Gasteiger charge is 1.86. The average Bonchev–Trinajstić information content (AvgIpc) is 2.14. The second-order valence-electron chi connectivity index (χ2n) is 1.36. The van der Waals surface area contributed by atoms with Crippen LogP contribution in [0.3, 0.4) is 0 Å². The van der Waals surface area contributed by atoms with Crippen molar-refractivity contribution >= 4 is 6.20 Å². The van der Waals surface area contributed by atoms with E-state index in [0.29, 0.717) is 0 Å². The van der Waals surface area contributed by atoms with Crippen LogP contribution in [0.15, 0.2) is 19.0 Å². The third kappa shape index (κ3) is 0.703. The van der Waals surface area contributed by atoms with Gasteiger partial charge in [0.2, 0.25) is 0 Å². The first-order valence-corrected chi connectivity index (χ1v) is 2.18. The predicted octanol–water partition coefficient (Wildman–Crippen LogP) is 0.689. The molecule has 1 aromatic heterocycles. The molecule has 1 aromatic rings. The molecule has 0 saturated heterocycles. The highest BCUT2D eigenvalue weighted by molar-refractivity contribution is 5.19. The summed E-state index contributed by atoms with van der Waals surface area (Å²) in [5.41, 5.74) is 0. The molecule has 0 amide bonds. The van der Waals surface area contributed by atoms with Crippen molar-refractivity contribution in [3.05, 3.63) is 19.0 Å². The molecule has 0 unspecified atom stereocenters. The van der Waals surface area contributed by atoms with Crippen molar-refractivity contribution in [1.82, 2.24) is 9.78 Å². The number of hydrogen-bond donors (Lipinski definition) is 1. The predicted molar refractivity (Wildman–Crippen MR) is 30.3 cm³/mol. The van der Waals surface area contributed by atoms with Gasteiger partial charge in [-0.2, -0.15) is 5.10 Å². The lowest BCUT2D eigenvalue weighted by atomic mass is 10.7. The van der Waals surface area contributed by atoms with Crippen LogP contribution in [0.25, 0.3) is 6.20 Å². The normalized spacial score (nSPS) is 9.00. The van der Waals surface area contributed by atoms with Crippen molar-refractivity contribution in [2.75, 3.05) is 0 Å². The largest absolute Gasteiger partial charge is 0.505 e. The van der Waals surface area contributed by atoms with Crippen molar-refractivity contribution in [1.29, 1.82) is 0 Å². The molecule has 8 heavy (non-hydrogen) atoms. The first-order chi connectivity index (χ1) is 3.83. The Bertz CT molecular complexity index is 192. The second kappa shape index (κ2) is 1.69. The summed E-state index contributed by atoms with van der Waals surface area (Å²) < 4.78 is 1.43. The van der Waals surface area contributed by atoms with Crippen LogP contribution < -0.4 is 0 Å². The monoisotopic (exact) mass is 110 g/mol. The summed E-state index contributed by atoms with van der Waals surface area (Å²) in [5.74, 6) is 0.157. The third-order valence-electron chi connectivity index (χ3n) is 0.775. The van der Waals surface area contributed by atoms with E-state index in [9.17, 15) is 0 Å². The Labute approximate surface area is 46.9 Å². The summed E-state index contributed by atoms with van der Waals surface area (Å²) in [4.78, 5) is 0. The molecule has 3 nitrogen and oxygen atoms in total. The average molecular weight is 110 g/mol. The summed E-state index contributed by atoms with van der Waals surface area (Å²) >= 11 is 0. The molecule has 0 aliphatic carbocycles. The van der Waals surface area contributed by atoms with Gasteiger partial charge in [0.1, 0.15) is 0 Å². The van der Waals surface area contributed by atoms with E-state index in [-0.39, 0.29) is 5.75 Å². The van der Waals surface area contributed by atoms with Crippen LogP contribution in [0.4, 0.5) is 0 Å². The van der Waals surface area contributed by atoms with Crippen molar-refractivity contribution in [3.8, 4) is 5.75 Å². The molecule has 1 heterocycles. The Morgan fingerprint density at radius 1 is 1.88 bits per heavy atom. The van der Waals surface area contributed by atoms with Crippen LogP contribution in [0, 0.1) is 0 Å². The van der Waals surface area contributed by atoms with E-state index in [1.54, 1.807) is 0 Å². The Morgan fingerprint density at radius 3 is 2.88 bits per heavy atom. The third-order valence-corrected chi connectivity index (χ3v) is 0.775. The maximum Gasteiger partial charge on any atom is 0.153 e. The van der Waals surface area contributed by atoms with E-state index in [0.717, 1.165) is 0 Å². The molecule has 0 aliphatic rings. The van der Waals surface area contributed by atoms with E-state index in [4.69, 9.17) is 5.11 Å². The van der Waals surface area contributed by atoms with Gasteiger partial charge < -0.3 is 5.11 Å². The van der Waals surface area contributed by atoms with Gasteiger partial charge in [0.15, 0.2) is 5.75 Å². The van der Waals surface area contributed by atoms with Crippen LogP contribution in [-0.4, -0.2) is 14.9 Å². The van der Waals surface area contributed by atoms with Gasteiger partial charge in [-0.15, -0.1) is 0 Å². The van der Waals surface area contributed by atoms with E-state index in [1.165, 1.54) is 23.3 Å². The van der Waals surface area contributed by atoms with Crippen LogP contribution >= 0.6 is 0 Å². The van der Waals surface area contributed by atoms with Crippen LogP contribution in [0.1, 0.15) is 0 Å². The number of rotatable bonds is 1. The van der Waals surface area contributed by atoms with Crippen LogP contribution in [0.2, 0.25) is 0 Å². The molecule has 1 rings (SSSR count). The zero-order valence-corrected chi connectivity index (χ0v) is 4.28. The van der Waals surface area contributed by atoms with Gasteiger partial charge in [-0.25, -0.2) is 4.68 Å². The second-order valence-corrected chi connectivity index (χ2v) is 1.36. The minimum absolute atomic E-state index is 0.157. The molecular weight excluding hydrogens is 104 g/mol. The molecule has 0 radical (unpaired) electrons. The topological polar surface area (TPSA) is 38.0 Å². The number of hydrogen-bond acceptors (Lipinski definition) is 2. The van der Waals surface area contributed by atoms with Crippen molar-refractivity contribution in [3.63, 3.8) is 0 Å². The first-order valence-electron chi connectivity index (χ1n) is 2.18. The first kappa shape index (κ1) is 4.90. The molecule has 42 valence electrons. The van der Waals surface area contributed by atoms with Crippen molar-refractivity contribution in [2.24, 2.45) is 0 Å². The Morgan fingerprint density at radius 2 is 2.62 bits per heavy atom. The molecular formula is C5H6N2O. The summed E-state index contributed by atoms with van der Waals surface area (Å²) in [6, 6.07) is 0. The number of aromatic hydroxyl groups is 1. The summed E-state index contributed by atoms with van der Waals surface area (Å²) in [6.07, 6.45) is 4.31. The quantitative estimate of drug-likeness (QED) is 0.577. The lowest BCUT2D eigenvalue weighted by Crippen LogP contribution is -1.81. The van der Waals surface area contributed by atoms with Gasteiger partial charge in [0.25, 0.3) is 0 Å². The number of nitrogens with zero attached hydrogens (tertiary/aromatic N) is 2. The molecule has 0 aliphatic heterocycles. The van der Waals surface area contributed by atoms with E-state index >= 15 is 0 Å². The zero-order chi connectivity index (χ0) is 5.98.